The van der Waals surface area contributed by atoms with Gasteiger partial charge in [0.15, 0.2) is 0 Å². The maximum Gasteiger partial charge on any atom is 0.317 e. The van der Waals surface area contributed by atoms with Crippen LogP contribution in [0.2, 0.25) is 0 Å². The Morgan fingerprint density at radius 3 is 2.65 bits per heavy atom. The molecule has 0 radical (unpaired) electrons. The maximum atomic E-state index is 12.8. The van der Waals surface area contributed by atoms with Crippen LogP contribution in [0.3, 0.4) is 0 Å². The molecule has 4 nitrogen and oxygen atoms in total. The molecule has 4 rings (SSSR count). The van der Waals surface area contributed by atoms with Crippen molar-refractivity contribution < 1.29 is 9.90 Å². The number of nitrogens with zero attached hydrogens (tertiary/aromatic N) is 1. The Bertz CT molecular complexity index is 762. The van der Waals surface area contributed by atoms with E-state index in [-0.39, 0.29) is 24.2 Å². The molecule has 4 heteroatoms. The van der Waals surface area contributed by atoms with Crippen molar-refractivity contribution in [3.8, 4) is 0 Å². The number of likely N-dealkylation sites (tertiary alicyclic amines) is 1. The summed E-state index contributed by atoms with van der Waals surface area (Å²) in [6, 6.07) is 15.5. The molecule has 2 aromatic rings. The van der Waals surface area contributed by atoms with Gasteiger partial charge in [0.05, 0.1) is 6.10 Å². The first-order chi connectivity index (χ1) is 12.7. The molecule has 0 bridgehead atoms. The van der Waals surface area contributed by atoms with Crippen molar-refractivity contribution in [1.82, 2.24) is 10.2 Å². The van der Waals surface area contributed by atoms with Gasteiger partial charge in [0, 0.05) is 18.6 Å². The Morgan fingerprint density at radius 2 is 1.81 bits per heavy atom. The zero-order valence-electron chi connectivity index (χ0n) is 15.2. The van der Waals surface area contributed by atoms with Crippen LogP contribution in [0.25, 0.3) is 10.8 Å². The Kier molecular flexibility index (Phi) is 5.11. The number of aliphatic hydroxyl groups excluding tert-OH is 1. The minimum atomic E-state index is -0.186. The van der Waals surface area contributed by atoms with Crippen molar-refractivity contribution >= 4 is 16.8 Å². The Labute approximate surface area is 155 Å². The third-order valence-corrected chi connectivity index (χ3v) is 6.00. The van der Waals surface area contributed by atoms with Crippen LogP contribution in [0, 0.1) is 0 Å². The molecule has 2 amide bonds. The highest BCUT2D eigenvalue weighted by Crippen LogP contribution is 2.26. The number of benzene rings is 2. The van der Waals surface area contributed by atoms with Crippen LogP contribution < -0.4 is 5.32 Å². The summed E-state index contributed by atoms with van der Waals surface area (Å²) in [5.74, 6) is 0. The number of carbonyl (C=O) groups is 1. The van der Waals surface area contributed by atoms with Gasteiger partial charge in [0.25, 0.3) is 0 Å². The minimum absolute atomic E-state index is 0.0779. The molecule has 1 unspecified atom stereocenters. The monoisotopic (exact) mass is 352 g/mol. The molecule has 2 aromatic carbocycles. The van der Waals surface area contributed by atoms with E-state index in [0.717, 1.165) is 51.5 Å². The van der Waals surface area contributed by atoms with Crippen LogP contribution in [0.4, 0.5) is 4.79 Å². The van der Waals surface area contributed by atoms with Crippen molar-refractivity contribution in [3.05, 3.63) is 48.0 Å². The number of rotatable bonds is 3. The van der Waals surface area contributed by atoms with Crippen LogP contribution in [-0.4, -0.2) is 40.8 Å². The number of fused-ring (bicyclic) bond motifs is 1. The first kappa shape index (κ1) is 17.3. The van der Waals surface area contributed by atoms with Gasteiger partial charge in [-0.3, -0.25) is 0 Å². The van der Waals surface area contributed by atoms with Crippen molar-refractivity contribution in [2.45, 2.75) is 63.1 Å². The lowest BCUT2D eigenvalue weighted by Gasteiger charge is -2.31. The predicted molar refractivity (Wildman–Crippen MR) is 104 cm³/mol. The summed E-state index contributed by atoms with van der Waals surface area (Å²) in [7, 11) is 0. The lowest BCUT2D eigenvalue weighted by Crippen LogP contribution is -2.48. The fraction of sp³-hybridized carbons (Fsp3) is 0.500. The van der Waals surface area contributed by atoms with Gasteiger partial charge >= 0.3 is 6.03 Å². The third kappa shape index (κ3) is 3.70. The van der Waals surface area contributed by atoms with Crippen molar-refractivity contribution in [2.75, 3.05) is 6.54 Å². The van der Waals surface area contributed by atoms with Crippen LogP contribution in [0.15, 0.2) is 42.5 Å². The second-order valence-electron chi connectivity index (χ2n) is 7.79. The molecular weight excluding hydrogens is 324 g/mol. The molecule has 1 aliphatic carbocycles. The third-order valence-electron chi connectivity index (χ3n) is 6.00. The van der Waals surface area contributed by atoms with Crippen LogP contribution in [-0.2, 0) is 6.42 Å². The molecule has 0 spiro atoms. The normalized spacial score (nSPS) is 26.2. The lowest BCUT2D eigenvalue weighted by molar-refractivity contribution is 0.114. The van der Waals surface area contributed by atoms with Gasteiger partial charge in [-0.1, -0.05) is 42.5 Å². The summed E-state index contributed by atoms with van der Waals surface area (Å²) in [5, 5.41) is 15.4. The van der Waals surface area contributed by atoms with Gasteiger partial charge in [-0.15, -0.1) is 0 Å². The fourth-order valence-electron chi connectivity index (χ4n) is 4.52. The van der Waals surface area contributed by atoms with Crippen LogP contribution >= 0.6 is 0 Å². The van der Waals surface area contributed by atoms with Crippen LogP contribution in [0.5, 0.6) is 0 Å². The van der Waals surface area contributed by atoms with Gasteiger partial charge in [-0.2, -0.15) is 0 Å². The molecule has 2 fully saturated rings. The maximum absolute atomic E-state index is 12.8. The number of amides is 2. The standard InChI is InChI=1S/C22H28N2O2/c25-20-12-10-18(11-13-20)23-22(26)24-14-4-8-19(24)15-17-7-3-6-16-5-1-2-9-21(16)17/h1-3,5-7,9,18-20,25H,4,8,10-15H2,(H,23,26). The van der Waals surface area contributed by atoms with E-state index in [4.69, 9.17) is 0 Å². The number of urea groups is 1. The van der Waals surface area contributed by atoms with E-state index in [1.54, 1.807) is 0 Å². The van der Waals surface area contributed by atoms with Gasteiger partial charge in [-0.25, -0.2) is 4.79 Å². The molecular formula is C22H28N2O2. The summed E-state index contributed by atoms with van der Waals surface area (Å²) in [4.78, 5) is 14.8. The SMILES string of the molecule is O=C(NC1CCC(O)CC1)N1CCCC1Cc1cccc2ccccc12. The van der Waals surface area contributed by atoms with E-state index in [1.807, 2.05) is 4.90 Å². The van der Waals surface area contributed by atoms with Gasteiger partial charge < -0.3 is 15.3 Å². The second kappa shape index (κ2) is 7.67. The molecule has 1 heterocycles. The molecule has 1 saturated heterocycles. The van der Waals surface area contributed by atoms with Crippen molar-refractivity contribution in [3.63, 3.8) is 0 Å². The van der Waals surface area contributed by atoms with E-state index >= 15 is 0 Å². The van der Waals surface area contributed by atoms with E-state index < -0.39 is 0 Å². The zero-order chi connectivity index (χ0) is 17.9. The van der Waals surface area contributed by atoms with E-state index in [0.29, 0.717) is 0 Å². The topological polar surface area (TPSA) is 52.6 Å². The Balaban J connectivity index is 1.44. The summed E-state index contributed by atoms with van der Waals surface area (Å²) < 4.78 is 0. The fourth-order valence-corrected chi connectivity index (χ4v) is 4.52. The van der Waals surface area contributed by atoms with E-state index in [9.17, 15) is 9.90 Å². The largest absolute Gasteiger partial charge is 0.393 e. The van der Waals surface area contributed by atoms with E-state index in [2.05, 4.69) is 47.8 Å². The minimum Gasteiger partial charge on any atom is -0.393 e. The number of hydrogen-bond donors (Lipinski definition) is 2. The number of hydrogen-bond acceptors (Lipinski definition) is 2. The van der Waals surface area contributed by atoms with Gasteiger partial charge in [-0.05, 0) is 61.3 Å². The smallest absolute Gasteiger partial charge is 0.317 e. The molecule has 1 saturated carbocycles. The molecule has 0 aromatic heterocycles. The first-order valence-corrected chi connectivity index (χ1v) is 9.92. The van der Waals surface area contributed by atoms with Gasteiger partial charge in [0.1, 0.15) is 0 Å². The summed E-state index contributed by atoms with van der Waals surface area (Å²) in [6.45, 7) is 0.844. The highest BCUT2D eigenvalue weighted by atomic mass is 16.3. The number of nitrogens with one attached hydrogen (secondary N) is 1. The average molecular weight is 352 g/mol. The highest BCUT2D eigenvalue weighted by molar-refractivity contribution is 5.85. The van der Waals surface area contributed by atoms with Crippen molar-refractivity contribution in [1.29, 1.82) is 0 Å². The molecule has 2 aliphatic rings. The summed E-state index contributed by atoms with van der Waals surface area (Å²) >= 11 is 0. The quantitative estimate of drug-likeness (QED) is 0.881. The Morgan fingerprint density at radius 1 is 1.04 bits per heavy atom. The molecule has 26 heavy (non-hydrogen) atoms. The first-order valence-electron chi connectivity index (χ1n) is 9.92. The van der Waals surface area contributed by atoms with Crippen molar-refractivity contribution in [2.24, 2.45) is 0 Å². The molecule has 1 aliphatic heterocycles. The molecule has 1 atom stereocenters. The van der Waals surface area contributed by atoms with E-state index in [1.165, 1.54) is 16.3 Å². The lowest BCUT2D eigenvalue weighted by atomic mass is 9.93. The Hall–Kier alpha value is -2.07. The number of aliphatic hydroxyl groups is 1. The van der Waals surface area contributed by atoms with Crippen LogP contribution in [0.1, 0.15) is 44.1 Å². The average Bonchev–Trinajstić information content (AvgIpc) is 3.12. The predicted octanol–water partition coefficient (Wildman–Crippen LogP) is 3.86. The highest BCUT2D eigenvalue weighted by Gasteiger charge is 2.31. The van der Waals surface area contributed by atoms with Gasteiger partial charge in [0.2, 0.25) is 0 Å². The molecule has 138 valence electrons. The molecule has 2 N–H and O–H groups in total. The summed E-state index contributed by atoms with van der Waals surface area (Å²) in [5.41, 5.74) is 1.33. The second-order valence-corrected chi connectivity index (χ2v) is 7.79. The zero-order valence-corrected chi connectivity index (χ0v) is 15.2. The summed E-state index contributed by atoms with van der Waals surface area (Å²) in [6.07, 6.45) is 6.23. The number of carbonyl (C=O) groups excluding carboxylic acids is 1.